The maximum absolute atomic E-state index is 13.8. The number of carbonyl (C=O) groups is 2. The molecule has 1 aliphatic carbocycles. The summed E-state index contributed by atoms with van der Waals surface area (Å²) < 4.78 is 28.4. The fourth-order valence-corrected chi connectivity index (χ4v) is 5.27. The van der Waals surface area contributed by atoms with E-state index in [-0.39, 0.29) is 41.5 Å². The Hall–Kier alpha value is -3.27. The minimum Gasteiger partial charge on any atom is -0.503 e. The topological polar surface area (TPSA) is 104 Å². The lowest BCUT2D eigenvalue weighted by atomic mass is 9.85. The van der Waals surface area contributed by atoms with Gasteiger partial charge in [-0.05, 0) is 18.9 Å². The number of hydrogen-bond acceptors (Lipinski definition) is 5. The number of nitrogens with one attached hydrogen (secondary N) is 2. The molecular weight excluding hydrogens is 434 g/mol. The van der Waals surface area contributed by atoms with Crippen LogP contribution in [0.15, 0.2) is 29.2 Å². The molecule has 0 unspecified atom stereocenters. The average Bonchev–Trinajstić information content (AvgIpc) is 2.80. The highest BCUT2D eigenvalue weighted by molar-refractivity contribution is 5.99. The quantitative estimate of drug-likeness (QED) is 0.647. The first-order valence-corrected chi connectivity index (χ1v) is 11.1. The van der Waals surface area contributed by atoms with E-state index in [0.717, 1.165) is 31.7 Å². The van der Waals surface area contributed by atoms with Gasteiger partial charge >= 0.3 is 0 Å². The Kier molecular flexibility index (Phi) is 5.40. The molecule has 2 amide bonds. The largest absolute Gasteiger partial charge is 0.503 e. The van der Waals surface area contributed by atoms with E-state index in [1.165, 1.54) is 16.8 Å². The third kappa shape index (κ3) is 3.68. The van der Waals surface area contributed by atoms with E-state index >= 15 is 0 Å². The van der Waals surface area contributed by atoms with Crippen molar-refractivity contribution in [1.82, 2.24) is 20.1 Å². The van der Waals surface area contributed by atoms with Crippen molar-refractivity contribution >= 4 is 11.8 Å². The van der Waals surface area contributed by atoms with Crippen molar-refractivity contribution in [3.8, 4) is 5.75 Å². The minimum atomic E-state index is -0.958. The zero-order chi connectivity index (χ0) is 23.3. The highest BCUT2D eigenvalue weighted by Gasteiger charge is 2.45. The molecule has 0 spiro atoms. The maximum Gasteiger partial charge on any atom is 0.275 e. The number of nitrogens with zero attached hydrogens (tertiary/aromatic N) is 2. The number of halogens is 2. The van der Waals surface area contributed by atoms with Gasteiger partial charge in [-0.2, -0.15) is 0 Å². The summed E-state index contributed by atoms with van der Waals surface area (Å²) >= 11 is 0. The van der Waals surface area contributed by atoms with Gasteiger partial charge in [0.15, 0.2) is 11.4 Å². The summed E-state index contributed by atoms with van der Waals surface area (Å²) in [5.74, 6) is -3.55. The average molecular weight is 458 g/mol. The first-order chi connectivity index (χ1) is 15.8. The summed E-state index contributed by atoms with van der Waals surface area (Å²) in [7, 11) is 0. The third-order valence-electron chi connectivity index (χ3n) is 6.90. The fraction of sp³-hybridized carbons (Fsp3) is 0.435. The molecule has 3 N–H and O–H groups in total. The second kappa shape index (κ2) is 8.26. The van der Waals surface area contributed by atoms with Gasteiger partial charge in [-0.15, -0.1) is 0 Å². The van der Waals surface area contributed by atoms with Crippen LogP contribution in [-0.4, -0.2) is 51.1 Å². The van der Waals surface area contributed by atoms with Gasteiger partial charge in [0.2, 0.25) is 5.43 Å². The number of hydrogen-bond donors (Lipinski definition) is 3. The van der Waals surface area contributed by atoms with E-state index in [1.807, 2.05) is 0 Å². The standard InChI is InChI=1S/C23H24F2N4O4/c24-13-6-5-12(16(25)7-13)8-27-22(32)15-11-28-10-14-9-26-17-3-1-2-4-18(17)29(14)23(33)19(28)21(31)20(15)30/h5-7,11,14,17-18,26,31H,1-4,8-10H2,(H,27,32)/t14-,17-,18+/m1/s1. The van der Waals surface area contributed by atoms with Gasteiger partial charge in [-0.25, -0.2) is 8.78 Å². The number of aromatic hydroxyl groups is 1. The van der Waals surface area contributed by atoms with E-state index in [9.17, 15) is 28.3 Å². The Balaban J connectivity index is 1.42. The molecule has 2 aliphatic heterocycles. The SMILES string of the molecule is O=C(NCc1ccc(F)cc1F)c1cn2c(c(O)c1=O)C(=O)N1[C@H](CN[C@@H]3CCCC[C@@H]31)C2. The molecular formula is C23H24F2N4O4. The molecule has 3 heterocycles. The molecule has 10 heteroatoms. The summed E-state index contributed by atoms with van der Waals surface area (Å²) in [5, 5.41) is 16.5. The number of pyridine rings is 1. The Morgan fingerprint density at radius 1 is 1.21 bits per heavy atom. The Labute approximate surface area is 188 Å². The molecule has 33 heavy (non-hydrogen) atoms. The summed E-state index contributed by atoms with van der Waals surface area (Å²) in [4.78, 5) is 40.6. The van der Waals surface area contributed by atoms with Crippen LogP contribution in [0.4, 0.5) is 8.78 Å². The number of fused-ring (bicyclic) bond motifs is 4. The molecule has 1 aromatic heterocycles. The number of aromatic nitrogens is 1. The molecule has 8 nitrogen and oxygen atoms in total. The second-order valence-corrected chi connectivity index (χ2v) is 8.87. The van der Waals surface area contributed by atoms with Gasteiger partial charge < -0.3 is 25.2 Å². The predicted molar refractivity (Wildman–Crippen MR) is 114 cm³/mol. The van der Waals surface area contributed by atoms with Crippen molar-refractivity contribution in [3.05, 3.63) is 63.1 Å². The van der Waals surface area contributed by atoms with Crippen LogP contribution in [0.25, 0.3) is 0 Å². The van der Waals surface area contributed by atoms with Crippen LogP contribution >= 0.6 is 0 Å². The summed E-state index contributed by atoms with van der Waals surface area (Å²) in [6.45, 7) is 0.651. The molecule has 2 aromatic rings. The van der Waals surface area contributed by atoms with Crippen LogP contribution < -0.4 is 16.1 Å². The zero-order valence-electron chi connectivity index (χ0n) is 17.8. The van der Waals surface area contributed by atoms with Gasteiger partial charge in [0, 0.05) is 49.5 Å². The van der Waals surface area contributed by atoms with Crippen LogP contribution in [0.2, 0.25) is 0 Å². The molecule has 3 aliphatic rings. The zero-order valence-corrected chi connectivity index (χ0v) is 17.8. The van der Waals surface area contributed by atoms with Gasteiger partial charge in [0.05, 0.1) is 6.04 Å². The number of carbonyl (C=O) groups excluding carboxylic acids is 2. The minimum absolute atomic E-state index is 0.0156. The normalized spacial score (nSPS) is 24.0. The van der Waals surface area contributed by atoms with Crippen LogP contribution in [-0.2, 0) is 13.1 Å². The van der Waals surface area contributed by atoms with E-state index in [2.05, 4.69) is 10.6 Å². The molecule has 2 fully saturated rings. The molecule has 5 rings (SSSR count). The Morgan fingerprint density at radius 2 is 2.00 bits per heavy atom. The molecule has 174 valence electrons. The Morgan fingerprint density at radius 3 is 2.79 bits per heavy atom. The van der Waals surface area contributed by atoms with Crippen LogP contribution in [0.1, 0.15) is 52.1 Å². The van der Waals surface area contributed by atoms with Gasteiger partial charge in [0.25, 0.3) is 11.8 Å². The molecule has 1 saturated carbocycles. The molecule has 3 atom stereocenters. The van der Waals surface area contributed by atoms with Gasteiger partial charge in [0.1, 0.15) is 17.2 Å². The number of rotatable bonds is 3. The maximum atomic E-state index is 13.8. The lowest BCUT2D eigenvalue weighted by Gasteiger charge is -2.51. The van der Waals surface area contributed by atoms with Crippen molar-refractivity contribution in [3.63, 3.8) is 0 Å². The van der Waals surface area contributed by atoms with Crippen molar-refractivity contribution in [2.45, 2.75) is 56.9 Å². The Bertz CT molecular complexity index is 1200. The lowest BCUT2D eigenvalue weighted by molar-refractivity contribution is 0.0156. The van der Waals surface area contributed by atoms with Crippen LogP contribution in [0.5, 0.6) is 5.75 Å². The monoisotopic (exact) mass is 458 g/mol. The van der Waals surface area contributed by atoms with Gasteiger partial charge in [-0.3, -0.25) is 14.4 Å². The number of piperazine rings is 1. The van der Waals surface area contributed by atoms with Crippen molar-refractivity contribution in [2.75, 3.05) is 6.54 Å². The number of amides is 2. The molecule has 0 radical (unpaired) electrons. The summed E-state index contributed by atoms with van der Waals surface area (Å²) in [5.41, 5.74) is -1.36. The van der Waals surface area contributed by atoms with Crippen molar-refractivity contribution in [2.24, 2.45) is 0 Å². The first kappa shape index (κ1) is 21.6. The fourth-order valence-electron chi connectivity index (χ4n) is 5.27. The smallest absolute Gasteiger partial charge is 0.275 e. The van der Waals surface area contributed by atoms with Crippen molar-refractivity contribution in [1.29, 1.82) is 0 Å². The number of benzene rings is 1. The molecule has 1 aromatic carbocycles. The van der Waals surface area contributed by atoms with E-state index in [1.54, 1.807) is 4.90 Å². The van der Waals surface area contributed by atoms with E-state index < -0.39 is 34.6 Å². The van der Waals surface area contributed by atoms with Gasteiger partial charge in [-0.1, -0.05) is 18.9 Å². The second-order valence-electron chi connectivity index (χ2n) is 8.87. The summed E-state index contributed by atoms with van der Waals surface area (Å²) in [6.07, 6.45) is 5.24. The third-order valence-corrected chi connectivity index (χ3v) is 6.90. The van der Waals surface area contributed by atoms with Crippen LogP contribution in [0.3, 0.4) is 0 Å². The highest BCUT2D eigenvalue weighted by atomic mass is 19.1. The first-order valence-electron chi connectivity index (χ1n) is 11.1. The summed E-state index contributed by atoms with van der Waals surface area (Å²) in [6, 6.07) is 3.03. The highest BCUT2D eigenvalue weighted by Crippen LogP contribution is 2.33. The van der Waals surface area contributed by atoms with Crippen molar-refractivity contribution < 1.29 is 23.5 Å². The molecule has 1 saturated heterocycles. The predicted octanol–water partition coefficient (Wildman–Crippen LogP) is 1.50. The van der Waals surface area contributed by atoms with E-state index in [0.29, 0.717) is 19.2 Å². The van der Waals surface area contributed by atoms with Crippen LogP contribution in [0, 0.1) is 11.6 Å². The lowest BCUT2D eigenvalue weighted by Crippen LogP contribution is -2.67. The molecule has 0 bridgehead atoms. The van der Waals surface area contributed by atoms with E-state index in [4.69, 9.17) is 0 Å².